The normalized spacial score (nSPS) is 12.1. The molecule has 0 aromatic carbocycles. The molecule has 1 amide bonds. The first-order chi connectivity index (χ1) is 7.24. The largest absolute Gasteiger partial charge is 0.355 e. The molecular formula is C10H16N4O. The van der Waals surface area contributed by atoms with Gasteiger partial charge < -0.3 is 10.6 Å². The molecule has 0 spiro atoms. The second kappa shape index (κ2) is 6.08. The Labute approximate surface area is 89.3 Å². The zero-order valence-electron chi connectivity index (χ0n) is 9.03. The molecule has 5 heteroatoms. The van der Waals surface area contributed by atoms with Crippen LogP contribution in [0, 0.1) is 0 Å². The van der Waals surface area contributed by atoms with Gasteiger partial charge in [0, 0.05) is 19.3 Å². The van der Waals surface area contributed by atoms with Gasteiger partial charge >= 0.3 is 0 Å². The molecule has 1 aromatic heterocycles. The average molecular weight is 208 g/mol. The number of aromatic nitrogens is 2. The Hall–Kier alpha value is -1.49. The third-order valence-electron chi connectivity index (χ3n) is 1.98. The van der Waals surface area contributed by atoms with Crippen molar-refractivity contribution in [3.63, 3.8) is 0 Å². The molecule has 0 saturated carbocycles. The van der Waals surface area contributed by atoms with E-state index in [1.54, 1.807) is 6.20 Å². The summed E-state index contributed by atoms with van der Waals surface area (Å²) in [6, 6.07) is 1.61. The van der Waals surface area contributed by atoms with Crippen LogP contribution in [0.5, 0.6) is 0 Å². The summed E-state index contributed by atoms with van der Waals surface area (Å²) < 4.78 is 0. The Bertz CT molecular complexity index is 302. The number of nitrogens with zero attached hydrogens (tertiary/aromatic N) is 2. The molecule has 82 valence electrons. The van der Waals surface area contributed by atoms with Crippen LogP contribution in [0.4, 0.5) is 0 Å². The molecule has 1 rings (SSSR count). The summed E-state index contributed by atoms with van der Waals surface area (Å²) in [6.07, 6.45) is 3.18. The number of hydrogen-bond donors (Lipinski definition) is 2. The molecule has 2 N–H and O–H groups in total. The molecule has 5 nitrogen and oxygen atoms in total. The summed E-state index contributed by atoms with van der Waals surface area (Å²) in [5.74, 6) is 0.00607. The summed E-state index contributed by atoms with van der Waals surface area (Å²) >= 11 is 0. The first-order valence-corrected chi connectivity index (χ1v) is 5.00. The van der Waals surface area contributed by atoms with Gasteiger partial charge in [0.15, 0.2) is 0 Å². The minimum Gasteiger partial charge on any atom is -0.355 e. The number of carbonyl (C=O) groups is 1. The highest BCUT2D eigenvalue weighted by molar-refractivity contribution is 5.81. The second-order valence-corrected chi connectivity index (χ2v) is 3.20. The summed E-state index contributed by atoms with van der Waals surface area (Å²) in [5.41, 5.74) is 0.876. The third kappa shape index (κ3) is 4.03. The van der Waals surface area contributed by atoms with Crippen LogP contribution in [0.3, 0.4) is 0 Å². The van der Waals surface area contributed by atoms with E-state index in [1.807, 2.05) is 19.9 Å². The second-order valence-electron chi connectivity index (χ2n) is 3.20. The van der Waals surface area contributed by atoms with Crippen LogP contribution in [0.15, 0.2) is 18.6 Å². The molecule has 0 aliphatic carbocycles. The van der Waals surface area contributed by atoms with E-state index in [9.17, 15) is 4.79 Å². The molecular weight excluding hydrogens is 192 g/mol. The Morgan fingerprint density at radius 2 is 2.40 bits per heavy atom. The first-order valence-electron chi connectivity index (χ1n) is 5.00. The number of amides is 1. The Morgan fingerprint density at radius 1 is 1.60 bits per heavy atom. The monoisotopic (exact) mass is 208 g/mol. The summed E-state index contributed by atoms with van der Waals surface area (Å²) in [4.78, 5) is 19.2. The van der Waals surface area contributed by atoms with Crippen LogP contribution >= 0.6 is 0 Å². The SMILES string of the molecule is CCNC(=O)C(C)NCc1ccncn1. The molecule has 1 aromatic rings. The highest BCUT2D eigenvalue weighted by atomic mass is 16.2. The summed E-state index contributed by atoms with van der Waals surface area (Å²) in [6.45, 7) is 4.94. The van der Waals surface area contributed by atoms with Gasteiger partial charge in [0.2, 0.25) is 5.91 Å². The maximum atomic E-state index is 11.4. The van der Waals surface area contributed by atoms with Crippen molar-refractivity contribution in [2.45, 2.75) is 26.4 Å². The highest BCUT2D eigenvalue weighted by Gasteiger charge is 2.10. The molecule has 0 radical (unpaired) electrons. The summed E-state index contributed by atoms with van der Waals surface area (Å²) in [5, 5.41) is 5.83. The van der Waals surface area contributed by atoms with Crippen LogP contribution < -0.4 is 10.6 Å². The van der Waals surface area contributed by atoms with Gasteiger partial charge in [-0.2, -0.15) is 0 Å². The molecule has 0 aliphatic rings. The number of likely N-dealkylation sites (N-methyl/N-ethyl adjacent to an activating group) is 1. The maximum absolute atomic E-state index is 11.4. The fraction of sp³-hybridized carbons (Fsp3) is 0.500. The highest BCUT2D eigenvalue weighted by Crippen LogP contribution is 1.91. The molecule has 1 atom stereocenters. The van der Waals surface area contributed by atoms with Crippen molar-refractivity contribution in [3.8, 4) is 0 Å². The lowest BCUT2D eigenvalue weighted by atomic mass is 10.3. The van der Waals surface area contributed by atoms with E-state index in [0.717, 1.165) is 5.69 Å². The lowest BCUT2D eigenvalue weighted by Crippen LogP contribution is -2.41. The molecule has 1 heterocycles. The lowest BCUT2D eigenvalue weighted by molar-refractivity contribution is -0.122. The molecule has 0 bridgehead atoms. The van der Waals surface area contributed by atoms with Crippen LogP contribution in [0.2, 0.25) is 0 Å². The fourth-order valence-corrected chi connectivity index (χ4v) is 1.10. The zero-order valence-corrected chi connectivity index (χ0v) is 9.03. The van der Waals surface area contributed by atoms with E-state index in [-0.39, 0.29) is 11.9 Å². The standard InChI is InChI=1S/C10H16N4O/c1-3-12-10(15)8(2)13-6-9-4-5-11-7-14-9/h4-5,7-8,13H,3,6H2,1-2H3,(H,12,15). The van der Waals surface area contributed by atoms with Gasteiger partial charge in [0.05, 0.1) is 11.7 Å². The van der Waals surface area contributed by atoms with Crippen molar-refractivity contribution in [2.24, 2.45) is 0 Å². The predicted octanol–water partition coefficient (Wildman–Crippen LogP) is 0.0908. The van der Waals surface area contributed by atoms with Gasteiger partial charge in [-0.3, -0.25) is 4.79 Å². The Morgan fingerprint density at radius 3 is 3.00 bits per heavy atom. The first kappa shape index (κ1) is 11.6. The van der Waals surface area contributed by atoms with Crippen molar-refractivity contribution in [1.82, 2.24) is 20.6 Å². The Kier molecular flexibility index (Phi) is 4.70. The zero-order chi connectivity index (χ0) is 11.1. The van der Waals surface area contributed by atoms with Gasteiger partial charge in [-0.25, -0.2) is 9.97 Å². The van der Waals surface area contributed by atoms with Crippen LogP contribution in [0.25, 0.3) is 0 Å². The van der Waals surface area contributed by atoms with E-state index in [1.165, 1.54) is 6.33 Å². The summed E-state index contributed by atoms with van der Waals surface area (Å²) in [7, 11) is 0. The van der Waals surface area contributed by atoms with Crippen molar-refractivity contribution in [2.75, 3.05) is 6.54 Å². The van der Waals surface area contributed by atoms with E-state index >= 15 is 0 Å². The molecule has 1 unspecified atom stereocenters. The fourth-order valence-electron chi connectivity index (χ4n) is 1.10. The lowest BCUT2D eigenvalue weighted by Gasteiger charge is -2.12. The minimum absolute atomic E-state index is 0.00607. The van der Waals surface area contributed by atoms with Crippen molar-refractivity contribution < 1.29 is 4.79 Å². The maximum Gasteiger partial charge on any atom is 0.236 e. The smallest absolute Gasteiger partial charge is 0.236 e. The molecule has 0 fully saturated rings. The third-order valence-corrected chi connectivity index (χ3v) is 1.98. The molecule has 0 aliphatic heterocycles. The topological polar surface area (TPSA) is 66.9 Å². The van der Waals surface area contributed by atoms with Gasteiger partial charge in [-0.1, -0.05) is 0 Å². The number of carbonyl (C=O) groups excluding carboxylic acids is 1. The minimum atomic E-state index is -0.208. The van der Waals surface area contributed by atoms with Gasteiger partial charge in [-0.15, -0.1) is 0 Å². The van der Waals surface area contributed by atoms with Gasteiger partial charge in [0.25, 0.3) is 0 Å². The van der Waals surface area contributed by atoms with Crippen LogP contribution in [-0.2, 0) is 11.3 Å². The van der Waals surface area contributed by atoms with Crippen molar-refractivity contribution in [1.29, 1.82) is 0 Å². The van der Waals surface area contributed by atoms with E-state index < -0.39 is 0 Å². The number of hydrogen-bond acceptors (Lipinski definition) is 4. The van der Waals surface area contributed by atoms with E-state index in [0.29, 0.717) is 13.1 Å². The number of nitrogens with one attached hydrogen (secondary N) is 2. The predicted molar refractivity (Wildman–Crippen MR) is 57.0 cm³/mol. The van der Waals surface area contributed by atoms with E-state index in [4.69, 9.17) is 0 Å². The molecule has 15 heavy (non-hydrogen) atoms. The number of rotatable bonds is 5. The quantitative estimate of drug-likeness (QED) is 0.719. The van der Waals surface area contributed by atoms with Gasteiger partial charge in [-0.05, 0) is 19.9 Å². The van der Waals surface area contributed by atoms with Crippen LogP contribution in [-0.4, -0.2) is 28.5 Å². The molecule has 0 saturated heterocycles. The van der Waals surface area contributed by atoms with E-state index in [2.05, 4.69) is 20.6 Å². The van der Waals surface area contributed by atoms with Gasteiger partial charge in [0.1, 0.15) is 6.33 Å². The van der Waals surface area contributed by atoms with Crippen molar-refractivity contribution in [3.05, 3.63) is 24.3 Å². The van der Waals surface area contributed by atoms with Crippen molar-refractivity contribution >= 4 is 5.91 Å². The average Bonchev–Trinajstić information content (AvgIpc) is 2.27. The Balaban J connectivity index is 2.34. The van der Waals surface area contributed by atoms with Crippen LogP contribution in [0.1, 0.15) is 19.5 Å².